The fraction of sp³-hybridized carbons (Fsp3) is 0.280. The molecule has 3 aromatic carbocycles. The van der Waals surface area contributed by atoms with Crippen LogP contribution in [0.4, 0.5) is 26.3 Å². The van der Waals surface area contributed by atoms with Crippen molar-refractivity contribution < 1.29 is 31.1 Å². The number of para-hydroxylation sites is 1. The number of hydrogen-bond acceptors (Lipinski definition) is 1. The summed E-state index contributed by atoms with van der Waals surface area (Å²) in [5.74, 6) is -6.64. The fourth-order valence-electron chi connectivity index (χ4n) is 4.21. The van der Waals surface area contributed by atoms with Crippen LogP contribution >= 0.6 is 0 Å². The highest BCUT2D eigenvalue weighted by atomic mass is 19.2. The summed E-state index contributed by atoms with van der Waals surface area (Å²) in [7, 11) is 0. The second kappa shape index (κ2) is 9.27. The molecule has 4 rings (SSSR count). The van der Waals surface area contributed by atoms with Gasteiger partial charge in [-0.05, 0) is 79.0 Å². The Bertz CT molecular complexity index is 1080. The zero-order valence-electron chi connectivity index (χ0n) is 17.0. The molecule has 0 bridgehead atoms. The SMILES string of the molecule is Fc1cc(C2CCC(COc3c(F)cccc3F)CC2)ccc1-c1cc(F)c(F)c(F)c1. The van der Waals surface area contributed by atoms with Gasteiger partial charge < -0.3 is 4.74 Å². The minimum atomic E-state index is -1.59. The molecule has 0 amide bonds. The van der Waals surface area contributed by atoms with Crippen molar-refractivity contribution in [2.75, 3.05) is 6.61 Å². The predicted octanol–water partition coefficient (Wildman–Crippen LogP) is 7.54. The van der Waals surface area contributed by atoms with Gasteiger partial charge >= 0.3 is 0 Å². The van der Waals surface area contributed by atoms with Crippen LogP contribution in [0, 0.1) is 40.8 Å². The van der Waals surface area contributed by atoms with Crippen LogP contribution in [0.1, 0.15) is 37.2 Å². The van der Waals surface area contributed by atoms with E-state index in [1.807, 2.05) is 0 Å². The van der Waals surface area contributed by atoms with Gasteiger partial charge in [-0.25, -0.2) is 26.3 Å². The normalized spacial score (nSPS) is 18.6. The number of halogens is 6. The summed E-state index contributed by atoms with van der Waals surface area (Å²) in [5, 5.41) is 0. The topological polar surface area (TPSA) is 9.23 Å². The van der Waals surface area contributed by atoms with Gasteiger partial charge in [-0.1, -0.05) is 18.2 Å². The lowest BCUT2D eigenvalue weighted by molar-refractivity contribution is 0.188. The average molecular weight is 450 g/mol. The van der Waals surface area contributed by atoms with Crippen molar-refractivity contribution in [3.63, 3.8) is 0 Å². The molecule has 0 unspecified atom stereocenters. The summed E-state index contributed by atoms with van der Waals surface area (Å²) in [6.45, 7) is 0.194. The predicted molar refractivity (Wildman–Crippen MR) is 108 cm³/mol. The Labute approximate surface area is 181 Å². The lowest BCUT2D eigenvalue weighted by atomic mass is 9.78. The average Bonchev–Trinajstić information content (AvgIpc) is 2.77. The maximum Gasteiger partial charge on any atom is 0.194 e. The Hall–Kier alpha value is -2.96. The van der Waals surface area contributed by atoms with E-state index in [1.54, 1.807) is 6.07 Å². The summed E-state index contributed by atoms with van der Waals surface area (Å²) in [6.07, 6.45) is 2.98. The lowest BCUT2D eigenvalue weighted by Crippen LogP contribution is -2.20. The van der Waals surface area contributed by atoms with Gasteiger partial charge in [0.25, 0.3) is 0 Å². The van der Waals surface area contributed by atoms with Gasteiger partial charge in [-0.2, -0.15) is 0 Å². The van der Waals surface area contributed by atoms with Crippen LogP contribution in [-0.4, -0.2) is 6.61 Å². The third-order valence-electron chi connectivity index (χ3n) is 5.99. The molecule has 3 aromatic rings. The van der Waals surface area contributed by atoms with Crippen LogP contribution in [0.5, 0.6) is 5.75 Å². The fourth-order valence-corrected chi connectivity index (χ4v) is 4.21. The Balaban J connectivity index is 1.39. The second-order valence-electron chi connectivity index (χ2n) is 8.07. The molecule has 7 heteroatoms. The van der Waals surface area contributed by atoms with Crippen molar-refractivity contribution in [2.24, 2.45) is 5.92 Å². The van der Waals surface area contributed by atoms with Gasteiger partial charge in [0.05, 0.1) is 6.61 Å². The number of rotatable bonds is 5. The number of ether oxygens (including phenoxy) is 1. The molecule has 1 aliphatic rings. The summed E-state index contributed by atoms with van der Waals surface area (Å²) < 4.78 is 87.6. The van der Waals surface area contributed by atoms with Gasteiger partial charge in [-0.15, -0.1) is 0 Å². The molecular formula is C25H20F6O. The van der Waals surface area contributed by atoms with Crippen LogP contribution < -0.4 is 4.74 Å². The van der Waals surface area contributed by atoms with Gasteiger partial charge in [-0.3, -0.25) is 0 Å². The molecule has 1 nitrogen and oxygen atoms in total. The highest BCUT2D eigenvalue weighted by Crippen LogP contribution is 2.38. The van der Waals surface area contributed by atoms with E-state index in [0.29, 0.717) is 0 Å². The Kier molecular flexibility index (Phi) is 6.44. The smallest absolute Gasteiger partial charge is 0.194 e. The van der Waals surface area contributed by atoms with Crippen LogP contribution in [0.2, 0.25) is 0 Å². The highest BCUT2D eigenvalue weighted by molar-refractivity contribution is 5.65. The molecule has 0 aromatic heterocycles. The standard InChI is InChI=1S/C25H20F6O/c26-19-2-1-3-20(27)25(19)32-13-14-4-6-15(7-5-14)16-8-9-18(21(28)10-16)17-11-22(29)24(31)23(30)12-17/h1-3,8-12,14-15H,4-7,13H2. The monoisotopic (exact) mass is 450 g/mol. The van der Waals surface area contributed by atoms with Crippen molar-refractivity contribution in [3.8, 4) is 16.9 Å². The molecule has 0 N–H and O–H groups in total. The van der Waals surface area contributed by atoms with Crippen molar-refractivity contribution >= 4 is 0 Å². The van der Waals surface area contributed by atoms with Crippen LogP contribution in [-0.2, 0) is 0 Å². The minimum absolute atomic E-state index is 0.0134. The summed E-state index contributed by atoms with van der Waals surface area (Å²) in [6, 6.07) is 9.56. The van der Waals surface area contributed by atoms with Gasteiger partial charge in [0, 0.05) is 5.56 Å². The van der Waals surface area contributed by atoms with E-state index in [2.05, 4.69) is 0 Å². The molecule has 168 valence electrons. The highest BCUT2D eigenvalue weighted by Gasteiger charge is 2.25. The molecular weight excluding hydrogens is 430 g/mol. The van der Waals surface area contributed by atoms with Gasteiger partial charge in [0.1, 0.15) is 5.82 Å². The van der Waals surface area contributed by atoms with E-state index in [1.165, 1.54) is 18.2 Å². The molecule has 0 saturated heterocycles. The molecule has 0 atom stereocenters. The maximum atomic E-state index is 14.7. The zero-order valence-corrected chi connectivity index (χ0v) is 17.0. The van der Waals surface area contributed by atoms with Crippen molar-refractivity contribution in [1.82, 2.24) is 0 Å². The third kappa shape index (κ3) is 4.61. The first-order valence-electron chi connectivity index (χ1n) is 10.3. The van der Waals surface area contributed by atoms with Crippen molar-refractivity contribution in [2.45, 2.75) is 31.6 Å². The summed E-state index contributed by atoms with van der Waals surface area (Å²) >= 11 is 0. The van der Waals surface area contributed by atoms with Crippen LogP contribution in [0.25, 0.3) is 11.1 Å². The third-order valence-corrected chi connectivity index (χ3v) is 5.99. The van der Waals surface area contributed by atoms with E-state index in [9.17, 15) is 26.3 Å². The molecule has 1 fully saturated rings. The van der Waals surface area contributed by atoms with Crippen LogP contribution in [0.3, 0.4) is 0 Å². The zero-order chi connectivity index (χ0) is 22.8. The van der Waals surface area contributed by atoms with E-state index in [4.69, 9.17) is 4.74 Å². The van der Waals surface area contributed by atoms with E-state index >= 15 is 0 Å². The first kappa shape index (κ1) is 22.2. The van der Waals surface area contributed by atoms with Crippen LogP contribution in [0.15, 0.2) is 48.5 Å². The van der Waals surface area contributed by atoms with E-state index < -0.39 is 34.9 Å². The Morgan fingerprint density at radius 1 is 0.688 bits per heavy atom. The summed E-state index contributed by atoms with van der Waals surface area (Å²) in [4.78, 5) is 0. The first-order chi connectivity index (χ1) is 15.3. The molecule has 1 aliphatic carbocycles. The molecule has 0 spiro atoms. The first-order valence-corrected chi connectivity index (χ1v) is 10.3. The molecule has 1 saturated carbocycles. The Morgan fingerprint density at radius 2 is 1.31 bits per heavy atom. The Morgan fingerprint density at radius 3 is 1.91 bits per heavy atom. The second-order valence-corrected chi connectivity index (χ2v) is 8.07. The number of benzene rings is 3. The minimum Gasteiger partial charge on any atom is -0.487 e. The van der Waals surface area contributed by atoms with Gasteiger partial charge in [0.2, 0.25) is 0 Å². The molecule has 0 radical (unpaired) electrons. The summed E-state index contributed by atoms with van der Waals surface area (Å²) in [5.41, 5.74) is 0.668. The molecule has 32 heavy (non-hydrogen) atoms. The quantitative estimate of drug-likeness (QED) is 0.288. The van der Waals surface area contributed by atoms with Crippen molar-refractivity contribution in [1.29, 1.82) is 0 Å². The number of hydrogen-bond donors (Lipinski definition) is 0. The molecule has 0 heterocycles. The largest absolute Gasteiger partial charge is 0.487 e. The van der Waals surface area contributed by atoms with E-state index in [-0.39, 0.29) is 35.3 Å². The molecule has 0 aliphatic heterocycles. The van der Waals surface area contributed by atoms with Gasteiger partial charge in [0.15, 0.2) is 34.8 Å². The van der Waals surface area contributed by atoms with E-state index in [0.717, 1.165) is 55.5 Å². The maximum absolute atomic E-state index is 14.7. The van der Waals surface area contributed by atoms with Crippen molar-refractivity contribution in [3.05, 3.63) is 89.0 Å². The lowest BCUT2D eigenvalue weighted by Gasteiger charge is -2.29.